The zero-order chi connectivity index (χ0) is 83.2. The number of ether oxygens (including phenoxy) is 2. The molecule has 119 heavy (non-hydrogen) atoms. The van der Waals surface area contributed by atoms with Gasteiger partial charge in [0.05, 0.1) is 70.3 Å². The second kappa shape index (κ2) is 36.7. The number of H-pyrrole nitrogens is 2. The Morgan fingerprint density at radius 3 is 1.40 bits per heavy atom. The number of amides is 4. The third kappa shape index (κ3) is 19.8. The van der Waals surface area contributed by atoms with E-state index >= 15 is 0 Å². The first kappa shape index (κ1) is 80.7. The van der Waals surface area contributed by atoms with Crippen LogP contribution in [0.5, 0.6) is 11.5 Å². The molecule has 0 spiro atoms. The molecule has 0 bridgehead atoms. The van der Waals surface area contributed by atoms with Crippen LogP contribution in [0, 0.1) is 0 Å². The number of rotatable bonds is 19. The minimum absolute atomic E-state index is 0.00235. The Balaban J connectivity index is 0.000000130. The molecule has 0 aliphatic carbocycles. The van der Waals surface area contributed by atoms with Gasteiger partial charge in [-0.2, -0.15) is 0 Å². The molecule has 0 saturated carbocycles. The largest absolute Gasteiger partial charge is 0.497 e. The molecule has 600 valence electrons. The average molecular weight is 1610 g/mol. The van der Waals surface area contributed by atoms with E-state index in [1.54, 1.807) is 134 Å². The van der Waals surface area contributed by atoms with E-state index in [0.29, 0.717) is 80.0 Å². The second-order valence-electron chi connectivity index (χ2n) is 28.4. The van der Waals surface area contributed by atoms with Crippen LogP contribution in [-0.4, -0.2) is 213 Å². The number of likely N-dealkylation sites (N-methyl/N-ethyl adjacent to an activating group) is 1. The fourth-order valence-electron chi connectivity index (χ4n) is 12.9. The fourth-order valence-corrected chi connectivity index (χ4v) is 14.0. The average Bonchev–Trinajstić information content (AvgIpc) is 1.67. The third-order valence-corrected chi connectivity index (χ3v) is 20.4. The Kier molecular flexibility index (Phi) is 24.9. The van der Waals surface area contributed by atoms with Crippen molar-refractivity contribution in [2.24, 2.45) is 4.99 Å². The minimum atomic E-state index is -0.0717. The van der Waals surface area contributed by atoms with E-state index in [1.165, 1.54) is 21.8 Å². The summed E-state index contributed by atoms with van der Waals surface area (Å²) in [6.45, 7) is 7.42. The molecule has 1 unspecified atom stereocenters. The molecular weight excluding hydrogens is 1520 g/mol. The highest BCUT2D eigenvalue weighted by Gasteiger charge is 2.30. The smallest absolute Gasteiger partial charge is 0.270 e. The van der Waals surface area contributed by atoms with Gasteiger partial charge in [0.25, 0.3) is 23.6 Å². The summed E-state index contributed by atoms with van der Waals surface area (Å²) < 4.78 is 11.6. The summed E-state index contributed by atoms with van der Waals surface area (Å²) in [7, 11) is 15.7. The Morgan fingerprint density at radius 1 is 0.445 bits per heavy atom. The topological polar surface area (TPSA) is 350 Å². The third-order valence-electron chi connectivity index (χ3n) is 19.3. The van der Waals surface area contributed by atoms with Crippen molar-refractivity contribution in [2.75, 3.05) is 111 Å². The number of carbonyl (C=O) groups excluding carboxylic acids is 4. The quantitative estimate of drug-likeness (QED) is 0.0438. The van der Waals surface area contributed by atoms with Crippen molar-refractivity contribution in [3.8, 4) is 57.1 Å². The highest BCUT2D eigenvalue weighted by molar-refractivity contribution is 7.20. The van der Waals surface area contributed by atoms with Crippen molar-refractivity contribution in [2.45, 2.75) is 26.2 Å². The van der Waals surface area contributed by atoms with Crippen LogP contribution in [0.3, 0.4) is 0 Å². The van der Waals surface area contributed by atoms with E-state index in [0.717, 1.165) is 121 Å². The number of aromatic nitrogens is 14. The van der Waals surface area contributed by atoms with Crippen LogP contribution in [0.2, 0.25) is 0 Å². The molecule has 4 amide bonds. The van der Waals surface area contributed by atoms with Crippen molar-refractivity contribution in [3.05, 3.63) is 247 Å². The van der Waals surface area contributed by atoms with Crippen molar-refractivity contribution in [1.29, 1.82) is 0 Å². The number of methoxy groups -OCH3 is 2. The van der Waals surface area contributed by atoms with Crippen molar-refractivity contribution < 1.29 is 28.7 Å². The lowest BCUT2D eigenvalue weighted by molar-refractivity contribution is -0.121. The maximum absolute atomic E-state index is 12.9. The number of anilines is 8. The molecule has 30 nitrogen and oxygen atoms in total. The predicted octanol–water partition coefficient (Wildman–Crippen LogP) is 15.0. The van der Waals surface area contributed by atoms with E-state index in [9.17, 15) is 19.2 Å². The van der Waals surface area contributed by atoms with Gasteiger partial charge in [-0.15, -0.1) is 11.3 Å². The number of piperazine rings is 1. The van der Waals surface area contributed by atoms with Crippen LogP contribution in [0.15, 0.2) is 224 Å². The maximum Gasteiger partial charge on any atom is 0.270 e. The van der Waals surface area contributed by atoms with Crippen LogP contribution in [0.25, 0.3) is 77.4 Å². The van der Waals surface area contributed by atoms with Gasteiger partial charge in [-0.3, -0.25) is 39.1 Å². The Morgan fingerprint density at radius 2 is 0.899 bits per heavy atom. The van der Waals surface area contributed by atoms with Gasteiger partial charge in [0.15, 0.2) is 0 Å². The number of nitrogens with zero attached hydrogens (tertiary/aromatic N) is 18. The Labute approximate surface area is 690 Å². The van der Waals surface area contributed by atoms with Gasteiger partial charge in [0.1, 0.15) is 28.6 Å². The number of thiophene rings is 1. The van der Waals surface area contributed by atoms with Crippen molar-refractivity contribution >= 4 is 125 Å². The summed E-state index contributed by atoms with van der Waals surface area (Å²) in [5.74, 6) is 3.18. The molecule has 11 aromatic heterocycles. The van der Waals surface area contributed by atoms with Gasteiger partial charge < -0.3 is 65.2 Å². The summed E-state index contributed by atoms with van der Waals surface area (Å²) in [5, 5.41) is 15.8. The molecular formula is C88H86N24O6S. The normalized spacial score (nSPS) is 12.8. The van der Waals surface area contributed by atoms with Crippen LogP contribution < -0.4 is 30.7 Å². The number of pyridine rings is 4. The summed E-state index contributed by atoms with van der Waals surface area (Å²) >= 11 is 1.48. The summed E-state index contributed by atoms with van der Waals surface area (Å²) in [6, 6.07) is 53.3. The number of aliphatic imine (C=N–C) groups is 1. The number of carbonyl (C=O) groups is 4. The predicted molar refractivity (Wildman–Crippen MR) is 465 cm³/mol. The molecule has 1 fully saturated rings. The summed E-state index contributed by atoms with van der Waals surface area (Å²) in [4.78, 5) is 123. The Bertz CT molecular complexity index is 6030. The molecule has 4 aromatic carbocycles. The fraction of sp³-hybridized carbons (Fsp3) is 0.193. The molecule has 2 aliphatic heterocycles. The molecule has 6 N–H and O–H groups in total. The van der Waals surface area contributed by atoms with E-state index in [4.69, 9.17) is 9.47 Å². The number of hydrogen-bond donors (Lipinski definition) is 6. The van der Waals surface area contributed by atoms with Gasteiger partial charge in [-0.25, -0.2) is 44.9 Å². The second-order valence-corrected chi connectivity index (χ2v) is 29.4. The number of benzene rings is 4. The lowest BCUT2D eigenvalue weighted by Crippen LogP contribution is -2.47. The van der Waals surface area contributed by atoms with Crippen LogP contribution >= 0.6 is 11.3 Å². The molecule has 31 heteroatoms. The molecule has 17 rings (SSSR count). The highest BCUT2D eigenvalue weighted by Crippen LogP contribution is 2.39. The summed E-state index contributed by atoms with van der Waals surface area (Å²) in [6.07, 6.45) is 14.6. The van der Waals surface area contributed by atoms with Gasteiger partial charge in [-0.05, 0) is 182 Å². The standard InChI is InChI=1S/C25H27N7O.C21H20N6O2.C21H20N6O.C21H19N5O2S/c1-3-17-6-8-26-22(14-17)21-7-9-27-25(30-21)28-19-4-5-20-18(15-19)16-23(29-20)24(33)32-12-10-31(2)11-13-32;1-27(2)20(28)19-11-13-10-14(4-5-16(13)25-19)24-21-23-9-7-17(26-21)18-12-15(29-3)6-8-22-18;1-13-15-12-14(7-8-16(15)25-19(13)20(28)27(2)3)24-21-23-11-9-18(26-21)17-6-4-5-10-22-17;1-26(2)20(27)19-11-13-10-14(4-5-18(13)29-19)24-21-23-9-7-16(25-21)17-12-15(28-3)6-8-22-17/h4-9,14-16,29H,3,10-13H2,1-2H3,(H,27,28,30);4-12,25H,1-3H3,(H,23,24,26);4-13H,1-3H3,(H,23,24,26);4-12H,1-3H3,(H,23,24,25). The number of nitrogens with one attached hydrogen (secondary N) is 6. The van der Waals surface area contributed by atoms with E-state index in [2.05, 4.69) is 121 Å². The number of hydrogen-bond acceptors (Lipinski definition) is 25. The van der Waals surface area contributed by atoms with Gasteiger partial charge in [0.2, 0.25) is 23.8 Å². The molecule has 0 radical (unpaired) electrons. The first-order valence-corrected chi connectivity index (χ1v) is 38.9. The number of aromatic amines is 2. The minimum Gasteiger partial charge on any atom is -0.497 e. The van der Waals surface area contributed by atoms with Crippen molar-refractivity contribution in [1.82, 2.24) is 94.3 Å². The van der Waals surface area contributed by atoms with Crippen molar-refractivity contribution in [3.63, 3.8) is 0 Å². The maximum atomic E-state index is 12.9. The van der Waals surface area contributed by atoms with Gasteiger partial charge in [0, 0.05) is 185 Å². The van der Waals surface area contributed by atoms with Crippen LogP contribution in [-0.2, 0) is 11.2 Å². The molecule has 1 atom stereocenters. The van der Waals surface area contributed by atoms with Gasteiger partial charge in [-0.1, -0.05) is 19.9 Å². The summed E-state index contributed by atoms with van der Waals surface area (Å²) in [5.41, 5.74) is 15.8. The lowest BCUT2D eigenvalue weighted by Gasteiger charge is -2.32. The Hall–Kier alpha value is -14.9. The molecule has 2 aliphatic rings. The van der Waals surface area contributed by atoms with E-state index < -0.39 is 0 Å². The number of aryl methyl sites for hydroxylation is 1. The van der Waals surface area contributed by atoms with Crippen LogP contribution in [0.4, 0.5) is 52.2 Å². The van der Waals surface area contributed by atoms with E-state index in [-0.39, 0.29) is 29.5 Å². The zero-order valence-corrected chi connectivity index (χ0v) is 68.1. The molecule has 13 heterocycles. The SMILES string of the molecule is CC1C(C(=O)N(C)C)=Nc2ccc(Nc3nccc(-c4ccccn4)n3)cc21.CCc1ccnc(-c2ccnc(Nc3ccc4[nH]c(C(=O)N5CCN(C)CC5)cc4c3)n2)c1.COc1ccnc(-c2ccnc(Nc3ccc4[nH]c(C(=O)N(C)C)cc4c3)n2)c1.COc1ccnc(-c2ccnc(Nc3ccc4sc(C(=O)N(C)C)cc4c3)n2)c1. The molecule has 1 saturated heterocycles. The zero-order valence-electron chi connectivity index (χ0n) is 67.3. The molecule has 15 aromatic rings. The lowest BCUT2D eigenvalue weighted by atomic mass is 9.97. The van der Waals surface area contributed by atoms with Gasteiger partial charge >= 0.3 is 0 Å². The van der Waals surface area contributed by atoms with E-state index in [1.807, 2.05) is 158 Å². The number of fused-ring (bicyclic) bond motifs is 4. The first-order chi connectivity index (χ1) is 57.7. The monoisotopic (exact) mass is 1610 g/mol. The van der Waals surface area contributed by atoms with Crippen LogP contribution in [0.1, 0.15) is 61.5 Å². The first-order valence-electron chi connectivity index (χ1n) is 38.1. The highest BCUT2D eigenvalue weighted by atomic mass is 32.1.